The fourth-order valence-corrected chi connectivity index (χ4v) is 2.90. The molecule has 0 radical (unpaired) electrons. The van der Waals surface area contributed by atoms with Gasteiger partial charge in [-0.15, -0.1) is 0 Å². The SMILES string of the molecule is Cn1c(C(F)(F)F)nc2sc([S+](C)[O-])nc2c1=O. The number of halogens is 3. The molecule has 0 amide bonds. The number of alkyl halides is 3. The van der Waals surface area contributed by atoms with Gasteiger partial charge in [0.1, 0.15) is 6.26 Å². The topological polar surface area (TPSA) is 70.8 Å². The minimum absolute atomic E-state index is 0.0777. The molecule has 0 spiro atoms. The molecule has 2 heterocycles. The Morgan fingerprint density at radius 1 is 1.39 bits per heavy atom. The summed E-state index contributed by atoms with van der Waals surface area (Å²) in [7, 11) is 0.972. The van der Waals surface area contributed by atoms with Crippen molar-refractivity contribution in [1.82, 2.24) is 14.5 Å². The van der Waals surface area contributed by atoms with E-state index in [9.17, 15) is 22.5 Å². The molecule has 0 N–H and O–H groups in total. The molecule has 1 atom stereocenters. The van der Waals surface area contributed by atoms with Gasteiger partial charge in [0, 0.05) is 18.2 Å². The third-order valence-electron chi connectivity index (χ3n) is 2.12. The third kappa shape index (κ3) is 2.10. The smallest absolute Gasteiger partial charge is 0.449 e. The highest BCUT2D eigenvalue weighted by atomic mass is 32.2. The quantitative estimate of drug-likeness (QED) is 0.740. The summed E-state index contributed by atoms with van der Waals surface area (Å²) in [6, 6.07) is 0. The van der Waals surface area contributed by atoms with E-state index in [1.54, 1.807) is 0 Å². The summed E-state index contributed by atoms with van der Waals surface area (Å²) in [6.45, 7) is 0. The molecule has 1 unspecified atom stereocenters. The normalized spacial score (nSPS) is 14.1. The van der Waals surface area contributed by atoms with Crippen LogP contribution in [-0.2, 0) is 24.4 Å². The highest BCUT2D eigenvalue weighted by Crippen LogP contribution is 2.29. The van der Waals surface area contributed by atoms with Crippen molar-refractivity contribution in [3.05, 3.63) is 16.2 Å². The Kier molecular flexibility index (Phi) is 3.11. The Morgan fingerprint density at radius 2 is 2.00 bits per heavy atom. The molecule has 0 fully saturated rings. The number of hydrogen-bond acceptors (Lipinski definition) is 5. The second kappa shape index (κ2) is 4.21. The Labute approximate surface area is 105 Å². The lowest BCUT2D eigenvalue weighted by Crippen LogP contribution is -2.27. The first kappa shape index (κ1) is 13.3. The van der Waals surface area contributed by atoms with Crippen LogP contribution in [0.5, 0.6) is 0 Å². The number of hydrogen-bond donors (Lipinski definition) is 0. The maximum Gasteiger partial charge on any atom is 0.449 e. The van der Waals surface area contributed by atoms with Gasteiger partial charge in [-0.3, -0.25) is 9.36 Å². The predicted octanol–water partition coefficient (Wildman–Crippen LogP) is 1.15. The monoisotopic (exact) mass is 297 g/mol. The van der Waals surface area contributed by atoms with Crippen LogP contribution in [0.15, 0.2) is 9.13 Å². The molecule has 0 saturated carbocycles. The molecule has 0 aromatic carbocycles. The molecule has 0 aliphatic heterocycles. The Bertz CT molecular complexity index is 662. The van der Waals surface area contributed by atoms with Gasteiger partial charge in [-0.1, -0.05) is 0 Å². The largest absolute Gasteiger partial charge is 0.610 e. The van der Waals surface area contributed by atoms with Crippen LogP contribution in [0.4, 0.5) is 13.2 Å². The fourth-order valence-electron chi connectivity index (χ4n) is 1.31. The lowest BCUT2D eigenvalue weighted by atomic mass is 10.5. The van der Waals surface area contributed by atoms with E-state index in [-0.39, 0.29) is 14.7 Å². The molecule has 18 heavy (non-hydrogen) atoms. The van der Waals surface area contributed by atoms with E-state index in [2.05, 4.69) is 9.97 Å². The van der Waals surface area contributed by atoms with Gasteiger partial charge in [-0.05, 0) is 11.3 Å². The van der Waals surface area contributed by atoms with Crippen molar-refractivity contribution in [1.29, 1.82) is 0 Å². The van der Waals surface area contributed by atoms with Gasteiger partial charge in [-0.2, -0.15) is 18.2 Å². The van der Waals surface area contributed by atoms with Crippen LogP contribution < -0.4 is 5.56 Å². The van der Waals surface area contributed by atoms with E-state index in [4.69, 9.17) is 0 Å². The molecule has 0 aliphatic carbocycles. The zero-order valence-electron chi connectivity index (χ0n) is 9.11. The maximum absolute atomic E-state index is 12.6. The highest BCUT2D eigenvalue weighted by Gasteiger charge is 2.37. The van der Waals surface area contributed by atoms with Crippen molar-refractivity contribution >= 4 is 32.9 Å². The molecule has 2 aromatic heterocycles. The summed E-state index contributed by atoms with van der Waals surface area (Å²) >= 11 is -0.743. The second-order valence-corrected chi connectivity index (χ2v) is 5.92. The number of thiazole rings is 1. The molecule has 10 heteroatoms. The van der Waals surface area contributed by atoms with Gasteiger partial charge in [0.15, 0.2) is 10.3 Å². The summed E-state index contributed by atoms with van der Waals surface area (Å²) in [5.74, 6) is -1.29. The Morgan fingerprint density at radius 3 is 2.50 bits per heavy atom. The van der Waals surface area contributed by atoms with Crippen LogP contribution in [-0.4, -0.2) is 25.3 Å². The first-order valence-corrected chi connectivity index (χ1v) is 6.87. The standard InChI is InChI=1S/C8H6F3N3O2S2/c1-14-5(15)3-4(13-6(14)8(9,10)11)17-7(12-3)18(2)16/h1-2H3. The van der Waals surface area contributed by atoms with Crippen molar-refractivity contribution in [2.45, 2.75) is 10.5 Å². The molecular formula is C8H6F3N3O2S2. The summed E-state index contributed by atoms with van der Waals surface area (Å²) in [4.78, 5) is 18.7. The average Bonchev–Trinajstić information content (AvgIpc) is 2.65. The van der Waals surface area contributed by atoms with E-state index in [1.165, 1.54) is 6.26 Å². The minimum atomic E-state index is -4.72. The number of aromatic nitrogens is 3. The van der Waals surface area contributed by atoms with Gasteiger partial charge < -0.3 is 4.55 Å². The van der Waals surface area contributed by atoms with Gasteiger partial charge in [0.25, 0.3) is 5.56 Å². The molecular weight excluding hydrogens is 291 g/mol. The van der Waals surface area contributed by atoms with Crippen molar-refractivity contribution in [2.24, 2.45) is 7.05 Å². The molecule has 5 nitrogen and oxygen atoms in total. The zero-order valence-corrected chi connectivity index (χ0v) is 10.7. The van der Waals surface area contributed by atoms with Crippen LogP contribution in [0.2, 0.25) is 0 Å². The summed E-state index contributed by atoms with van der Waals surface area (Å²) in [5.41, 5.74) is -1.10. The lowest BCUT2D eigenvalue weighted by molar-refractivity contribution is -0.147. The maximum atomic E-state index is 12.6. The molecule has 2 rings (SSSR count). The van der Waals surface area contributed by atoms with Crippen molar-refractivity contribution in [3.63, 3.8) is 0 Å². The summed E-state index contributed by atoms with van der Waals surface area (Å²) in [6.07, 6.45) is -3.40. The third-order valence-corrected chi connectivity index (χ3v) is 4.40. The van der Waals surface area contributed by atoms with Gasteiger partial charge in [0.2, 0.25) is 5.82 Å². The molecule has 98 valence electrons. The first-order chi connectivity index (χ1) is 8.21. The van der Waals surface area contributed by atoms with E-state index in [0.29, 0.717) is 4.57 Å². The summed E-state index contributed by atoms with van der Waals surface area (Å²) < 4.78 is 49.5. The number of rotatable bonds is 1. The molecule has 0 bridgehead atoms. The van der Waals surface area contributed by atoms with Crippen LogP contribution in [0.1, 0.15) is 5.82 Å². The average molecular weight is 297 g/mol. The van der Waals surface area contributed by atoms with Crippen LogP contribution in [0.3, 0.4) is 0 Å². The first-order valence-electron chi connectivity index (χ1n) is 4.50. The highest BCUT2D eigenvalue weighted by molar-refractivity contribution is 7.92. The molecule has 0 saturated heterocycles. The van der Waals surface area contributed by atoms with Gasteiger partial charge in [0.05, 0.1) is 0 Å². The molecule has 2 aromatic rings. The molecule has 0 aliphatic rings. The van der Waals surface area contributed by atoms with E-state index in [1.807, 2.05) is 0 Å². The van der Waals surface area contributed by atoms with Gasteiger partial charge in [-0.25, -0.2) is 4.98 Å². The Balaban J connectivity index is 2.80. The van der Waals surface area contributed by atoms with E-state index < -0.39 is 28.7 Å². The van der Waals surface area contributed by atoms with Crippen molar-refractivity contribution in [2.75, 3.05) is 6.26 Å². The van der Waals surface area contributed by atoms with Crippen LogP contribution >= 0.6 is 11.3 Å². The number of fused-ring (bicyclic) bond motifs is 1. The minimum Gasteiger partial charge on any atom is -0.610 e. The predicted molar refractivity (Wildman–Crippen MR) is 60.0 cm³/mol. The van der Waals surface area contributed by atoms with Crippen LogP contribution in [0.25, 0.3) is 10.3 Å². The summed E-state index contributed by atoms with van der Waals surface area (Å²) in [5, 5.41) is 0. The Hall–Kier alpha value is -1.13. The van der Waals surface area contributed by atoms with E-state index >= 15 is 0 Å². The number of nitrogens with zero attached hydrogens (tertiary/aromatic N) is 3. The van der Waals surface area contributed by atoms with Crippen LogP contribution in [0, 0.1) is 0 Å². The van der Waals surface area contributed by atoms with Crippen molar-refractivity contribution in [3.8, 4) is 0 Å². The zero-order chi connectivity index (χ0) is 13.7. The van der Waals surface area contributed by atoms with Gasteiger partial charge >= 0.3 is 10.5 Å². The lowest BCUT2D eigenvalue weighted by Gasteiger charge is -2.09. The second-order valence-electron chi connectivity index (χ2n) is 3.38. The van der Waals surface area contributed by atoms with E-state index in [0.717, 1.165) is 18.4 Å². The fraction of sp³-hybridized carbons (Fsp3) is 0.375. The van der Waals surface area contributed by atoms with Crippen molar-refractivity contribution < 1.29 is 17.7 Å².